The fourth-order valence-electron chi connectivity index (χ4n) is 2.15. The molecule has 0 aliphatic heterocycles. The van der Waals surface area contributed by atoms with Crippen molar-refractivity contribution in [2.24, 2.45) is 0 Å². The average Bonchev–Trinajstić information content (AvgIpc) is 2.59. The Balaban J connectivity index is 1.80. The van der Waals surface area contributed by atoms with E-state index in [-0.39, 0.29) is 0 Å². The minimum atomic E-state index is 0.574. The van der Waals surface area contributed by atoms with Crippen molar-refractivity contribution in [2.75, 3.05) is 31.7 Å². The van der Waals surface area contributed by atoms with E-state index in [9.17, 15) is 0 Å². The van der Waals surface area contributed by atoms with E-state index < -0.39 is 0 Å². The highest BCUT2D eigenvalue weighted by atomic mass is 16.5. The lowest BCUT2D eigenvalue weighted by Gasteiger charge is -2.10. The summed E-state index contributed by atoms with van der Waals surface area (Å²) < 4.78 is 16.4. The third-order valence-electron chi connectivity index (χ3n) is 3.26. The first-order valence-corrected chi connectivity index (χ1v) is 8.08. The van der Waals surface area contributed by atoms with E-state index in [1.165, 1.54) is 5.56 Å². The Hall–Kier alpha value is -2.20. The largest absolute Gasteiger partial charge is 0.494 e. The van der Waals surface area contributed by atoms with Crippen LogP contribution >= 0.6 is 0 Å². The van der Waals surface area contributed by atoms with Gasteiger partial charge in [0.2, 0.25) is 0 Å². The molecule has 124 valence electrons. The van der Waals surface area contributed by atoms with Crippen LogP contribution in [-0.4, -0.2) is 26.4 Å². The van der Waals surface area contributed by atoms with Gasteiger partial charge in [0.15, 0.2) is 0 Å². The quantitative estimate of drug-likeness (QED) is 0.670. The number of benzene rings is 2. The lowest BCUT2D eigenvalue weighted by atomic mass is 10.2. The number of nitrogens with one attached hydrogen (secondary N) is 1. The topological polar surface area (TPSA) is 39.7 Å². The second kappa shape index (κ2) is 9.74. The summed E-state index contributed by atoms with van der Waals surface area (Å²) in [5.41, 5.74) is 2.25. The Kier molecular flexibility index (Phi) is 7.27. The molecular weight excluding hydrogens is 290 g/mol. The van der Waals surface area contributed by atoms with Gasteiger partial charge >= 0.3 is 0 Å². The summed E-state index contributed by atoms with van der Waals surface area (Å²) in [6.45, 7) is 7.31. The van der Waals surface area contributed by atoms with Crippen LogP contribution in [-0.2, 0) is 11.3 Å². The van der Waals surface area contributed by atoms with E-state index in [0.717, 1.165) is 30.3 Å². The van der Waals surface area contributed by atoms with Crippen LogP contribution in [0.25, 0.3) is 0 Å². The van der Waals surface area contributed by atoms with Crippen LogP contribution in [0.3, 0.4) is 0 Å². The molecule has 0 saturated carbocycles. The first kappa shape index (κ1) is 17.2. The fourth-order valence-corrected chi connectivity index (χ4v) is 2.15. The van der Waals surface area contributed by atoms with Crippen LogP contribution < -0.4 is 14.8 Å². The number of ether oxygens (including phenoxy) is 3. The first-order valence-electron chi connectivity index (χ1n) is 8.08. The molecule has 4 nitrogen and oxygen atoms in total. The summed E-state index contributed by atoms with van der Waals surface area (Å²) in [6, 6.07) is 16.1. The predicted octanol–water partition coefficient (Wildman–Crippen LogP) is 4.11. The fraction of sp³-hybridized carbons (Fsp3) is 0.368. The molecule has 2 rings (SSSR count). The third kappa shape index (κ3) is 6.20. The highest BCUT2D eigenvalue weighted by Gasteiger charge is 1.99. The Morgan fingerprint density at radius 3 is 2.39 bits per heavy atom. The van der Waals surface area contributed by atoms with Crippen molar-refractivity contribution in [1.29, 1.82) is 0 Å². The van der Waals surface area contributed by atoms with Crippen LogP contribution in [0.15, 0.2) is 48.5 Å². The van der Waals surface area contributed by atoms with Gasteiger partial charge in [-0.05, 0) is 55.8 Å². The zero-order valence-electron chi connectivity index (χ0n) is 13.9. The molecule has 0 saturated heterocycles. The van der Waals surface area contributed by atoms with Gasteiger partial charge in [-0.2, -0.15) is 0 Å². The molecular formula is C19H25NO3. The summed E-state index contributed by atoms with van der Waals surface area (Å²) >= 11 is 0. The van der Waals surface area contributed by atoms with Gasteiger partial charge in [-0.15, -0.1) is 0 Å². The second-order valence-corrected chi connectivity index (χ2v) is 5.00. The van der Waals surface area contributed by atoms with Crippen LogP contribution in [0.5, 0.6) is 11.5 Å². The van der Waals surface area contributed by atoms with Crippen LogP contribution in [0.2, 0.25) is 0 Å². The maximum atomic E-state index is 5.60. The lowest BCUT2D eigenvalue weighted by molar-refractivity contribution is 0.110. The van der Waals surface area contributed by atoms with E-state index in [1.54, 1.807) is 0 Å². The molecule has 0 heterocycles. The van der Waals surface area contributed by atoms with E-state index in [0.29, 0.717) is 19.8 Å². The van der Waals surface area contributed by atoms with Crippen LogP contribution in [0.1, 0.15) is 19.4 Å². The number of anilines is 1. The molecule has 2 aromatic rings. The zero-order chi connectivity index (χ0) is 16.3. The smallest absolute Gasteiger partial charge is 0.119 e. The van der Waals surface area contributed by atoms with Crippen LogP contribution in [0, 0.1) is 0 Å². The summed E-state index contributed by atoms with van der Waals surface area (Å²) in [5.74, 6) is 1.76. The maximum absolute atomic E-state index is 5.60. The highest BCUT2D eigenvalue weighted by Crippen LogP contribution is 2.18. The Morgan fingerprint density at radius 2 is 1.65 bits per heavy atom. The van der Waals surface area contributed by atoms with Gasteiger partial charge in [-0.3, -0.25) is 0 Å². The van der Waals surface area contributed by atoms with E-state index in [4.69, 9.17) is 14.2 Å². The lowest BCUT2D eigenvalue weighted by Crippen LogP contribution is -2.06. The third-order valence-corrected chi connectivity index (χ3v) is 3.26. The van der Waals surface area contributed by atoms with E-state index >= 15 is 0 Å². The average molecular weight is 315 g/mol. The van der Waals surface area contributed by atoms with Gasteiger partial charge < -0.3 is 19.5 Å². The molecule has 2 aromatic carbocycles. The van der Waals surface area contributed by atoms with Gasteiger partial charge in [-0.25, -0.2) is 0 Å². The Labute approximate surface area is 138 Å². The molecule has 0 bridgehead atoms. The van der Waals surface area contributed by atoms with E-state index in [1.807, 2.05) is 50.2 Å². The highest BCUT2D eigenvalue weighted by molar-refractivity contribution is 5.47. The summed E-state index contributed by atoms with van der Waals surface area (Å²) in [6.07, 6.45) is 0. The molecule has 1 N–H and O–H groups in total. The normalized spacial score (nSPS) is 10.3. The van der Waals surface area contributed by atoms with Crippen molar-refractivity contribution in [2.45, 2.75) is 20.4 Å². The Morgan fingerprint density at radius 1 is 0.826 bits per heavy atom. The molecule has 0 spiro atoms. The molecule has 0 aromatic heterocycles. The molecule has 0 radical (unpaired) electrons. The van der Waals surface area contributed by atoms with Crippen molar-refractivity contribution in [3.05, 3.63) is 54.1 Å². The van der Waals surface area contributed by atoms with Crippen molar-refractivity contribution >= 4 is 5.69 Å². The first-order chi connectivity index (χ1) is 11.3. The predicted molar refractivity (Wildman–Crippen MR) is 93.4 cm³/mol. The summed E-state index contributed by atoms with van der Waals surface area (Å²) in [5, 5.41) is 3.40. The second-order valence-electron chi connectivity index (χ2n) is 5.00. The van der Waals surface area contributed by atoms with Gasteiger partial charge in [-0.1, -0.05) is 12.1 Å². The van der Waals surface area contributed by atoms with Gasteiger partial charge in [0, 0.05) is 18.8 Å². The standard InChI is InChI=1S/C19H25NO3/c1-3-21-12-13-23-18-10-8-17(9-11-18)20-15-16-6-5-7-19(14-16)22-4-2/h5-11,14,20H,3-4,12-13,15H2,1-2H3. The molecule has 0 aliphatic carbocycles. The number of hydrogen-bond donors (Lipinski definition) is 1. The molecule has 0 unspecified atom stereocenters. The minimum Gasteiger partial charge on any atom is -0.494 e. The zero-order valence-corrected chi connectivity index (χ0v) is 13.9. The van der Waals surface area contributed by atoms with Gasteiger partial charge in [0.25, 0.3) is 0 Å². The molecule has 4 heteroatoms. The minimum absolute atomic E-state index is 0.574. The van der Waals surface area contributed by atoms with Crippen molar-refractivity contribution in [1.82, 2.24) is 0 Å². The summed E-state index contributed by atoms with van der Waals surface area (Å²) in [4.78, 5) is 0. The summed E-state index contributed by atoms with van der Waals surface area (Å²) in [7, 11) is 0. The van der Waals surface area contributed by atoms with Crippen molar-refractivity contribution in [3.63, 3.8) is 0 Å². The maximum Gasteiger partial charge on any atom is 0.119 e. The van der Waals surface area contributed by atoms with Crippen LogP contribution in [0.4, 0.5) is 5.69 Å². The molecule has 0 aliphatic rings. The molecule has 0 atom stereocenters. The Bertz CT molecular complexity index is 569. The van der Waals surface area contributed by atoms with Crippen molar-refractivity contribution < 1.29 is 14.2 Å². The molecule has 0 amide bonds. The monoisotopic (exact) mass is 315 g/mol. The number of hydrogen-bond acceptors (Lipinski definition) is 4. The van der Waals surface area contributed by atoms with E-state index in [2.05, 4.69) is 17.4 Å². The number of rotatable bonds is 10. The molecule has 0 fully saturated rings. The molecule has 23 heavy (non-hydrogen) atoms. The van der Waals surface area contributed by atoms with Gasteiger partial charge in [0.05, 0.1) is 13.2 Å². The van der Waals surface area contributed by atoms with Gasteiger partial charge in [0.1, 0.15) is 18.1 Å². The van der Waals surface area contributed by atoms with Crippen molar-refractivity contribution in [3.8, 4) is 11.5 Å². The SMILES string of the molecule is CCOCCOc1ccc(NCc2cccc(OCC)c2)cc1.